The molecule has 0 N–H and O–H groups in total. The molecule has 0 fully saturated rings. The normalized spacial score (nSPS) is 13.0. The van der Waals surface area contributed by atoms with Crippen molar-refractivity contribution >= 4 is 36.3 Å². The Morgan fingerprint density at radius 1 is 0.577 bits per heavy atom. The molecule has 2 aromatic carbocycles. The van der Waals surface area contributed by atoms with Crippen molar-refractivity contribution in [3.8, 4) is 0 Å². The van der Waals surface area contributed by atoms with Gasteiger partial charge in [-0.2, -0.15) is 0 Å². The molecule has 5 nitrogen and oxygen atoms in total. The molecule has 0 unspecified atom stereocenters. The van der Waals surface area contributed by atoms with Gasteiger partial charge >= 0.3 is 25.9 Å². The fourth-order valence-corrected chi connectivity index (χ4v) is 12.6. The summed E-state index contributed by atoms with van der Waals surface area (Å²) in [5.41, 5.74) is 0. The van der Waals surface area contributed by atoms with E-state index < -0.39 is 25.9 Å². The Morgan fingerprint density at radius 3 is 1.35 bits per heavy atom. The predicted octanol–water partition coefficient (Wildman–Crippen LogP) is 2.49. The van der Waals surface area contributed by atoms with Gasteiger partial charge in [-0.3, -0.25) is 0 Å². The van der Waals surface area contributed by atoms with E-state index in [0.717, 1.165) is 10.4 Å². The SMILES string of the molecule is CO[Si](C)(C)O[Si](O[Si](C)(OC)OC)(c1ccccc1)c1ccccc1. The second kappa shape index (κ2) is 8.72. The molecule has 0 atom stereocenters. The molecule has 2 aromatic rings. The molecule has 0 bridgehead atoms. The van der Waals surface area contributed by atoms with Crippen LogP contribution >= 0.6 is 0 Å². The van der Waals surface area contributed by atoms with Crippen molar-refractivity contribution in [3.63, 3.8) is 0 Å². The van der Waals surface area contributed by atoms with Gasteiger partial charge in [0.2, 0.25) is 0 Å². The largest absolute Gasteiger partial charge is 0.488 e. The van der Waals surface area contributed by atoms with E-state index in [1.165, 1.54) is 0 Å². The monoisotopic (exact) mass is 408 g/mol. The van der Waals surface area contributed by atoms with Gasteiger partial charge in [-0.05, 0) is 23.5 Å². The second-order valence-corrected chi connectivity index (χ2v) is 16.2. The van der Waals surface area contributed by atoms with Crippen LogP contribution in [0.1, 0.15) is 0 Å². The minimum atomic E-state index is -3.13. The molecule has 2 rings (SSSR count). The van der Waals surface area contributed by atoms with Crippen LogP contribution in [-0.2, 0) is 21.5 Å². The van der Waals surface area contributed by atoms with Gasteiger partial charge in [-0.25, -0.2) is 0 Å². The van der Waals surface area contributed by atoms with Gasteiger partial charge in [0, 0.05) is 27.9 Å². The molecule has 0 amide bonds. The highest BCUT2D eigenvalue weighted by Gasteiger charge is 2.53. The van der Waals surface area contributed by atoms with Crippen LogP contribution in [-0.4, -0.2) is 47.3 Å². The van der Waals surface area contributed by atoms with Crippen molar-refractivity contribution in [1.82, 2.24) is 0 Å². The van der Waals surface area contributed by atoms with Gasteiger partial charge < -0.3 is 21.5 Å². The lowest BCUT2D eigenvalue weighted by Gasteiger charge is -2.41. The average molecular weight is 409 g/mol. The minimum absolute atomic E-state index is 0.997. The molecule has 142 valence electrons. The molecule has 26 heavy (non-hydrogen) atoms. The van der Waals surface area contributed by atoms with Crippen molar-refractivity contribution < 1.29 is 21.5 Å². The second-order valence-electron chi connectivity index (χ2n) is 6.43. The van der Waals surface area contributed by atoms with Crippen molar-refractivity contribution in [2.24, 2.45) is 0 Å². The molecule has 0 saturated heterocycles. The Balaban J connectivity index is 2.70. The lowest BCUT2D eigenvalue weighted by atomic mass is 10.4. The van der Waals surface area contributed by atoms with Crippen LogP contribution in [0.25, 0.3) is 0 Å². The standard InChI is InChI=1S/C18H28O5Si3/c1-19-24(4,5)22-26(17-13-9-7-10-14-17,18-15-11-8-12-16-18)23-25(6,20-2)21-3/h7-16H,1-6H3. The average Bonchev–Trinajstić information content (AvgIpc) is 2.68. The lowest BCUT2D eigenvalue weighted by molar-refractivity contribution is 0.153. The van der Waals surface area contributed by atoms with Crippen molar-refractivity contribution in [2.75, 3.05) is 21.3 Å². The van der Waals surface area contributed by atoms with Gasteiger partial charge in [-0.1, -0.05) is 60.7 Å². The third-order valence-corrected chi connectivity index (χ3v) is 14.7. The Kier molecular flexibility index (Phi) is 7.11. The van der Waals surface area contributed by atoms with Crippen molar-refractivity contribution in [2.45, 2.75) is 19.6 Å². The number of hydrogen-bond acceptors (Lipinski definition) is 5. The molecule has 0 aromatic heterocycles. The summed E-state index contributed by atoms with van der Waals surface area (Å²) < 4.78 is 30.5. The van der Waals surface area contributed by atoms with Crippen molar-refractivity contribution in [3.05, 3.63) is 60.7 Å². The van der Waals surface area contributed by atoms with E-state index in [1.807, 2.05) is 80.3 Å². The van der Waals surface area contributed by atoms with Crippen LogP contribution in [0.2, 0.25) is 19.6 Å². The highest BCUT2D eigenvalue weighted by Crippen LogP contribution is 2.22. The summed E-state index contributed by atoms with van der Waals surface area (Å²) in [5, 5.41) is 1.99. The van der Waals surface area contributed by atoms with E-state index in [1.54, 1.807) is 21.3 Å². The predicted molar refractivity (Wildman–Crippen MR) is 110 cm³/mol. The Hall–Kier alpha value is -1.11. The highest BCUT2D eigenvalue weighted by molar-refractivity contribution is 7.00. The maximum Gasteiger partial charge on any atom is 0.488 e. The lowest BCUT2D eigenvalue weighted by Crippen LogP contribution is -2.71. The molecule has 0 spiro atoms. The third-order valence-electron chi connectivity index (χ3n) is 4.26. The molecule has 0 aliphatic rings. The van der Waals surface area contributed by atoms with Crippen LogP contribution in [0.3, 0.4) is 0 Å². The summed E-state index contributed by atoms with van der Waals surface area (Å²) in [5.74, 6) is 0. The van der Waals surface area contributed by atoms with E-state index in [9.17, 15) is 0 Å². The Morgan fingerprint density at radius 2 is 1.00 bits per heavy atom. The zero-order chi connectivity index (χ0) is 19.3. The van der Waals surface area contributed by atoms with E-state index in [2.05, 4.69) is 0 Å². The zero-order valence-corrected chi connectivity index (χ0v) is 19.3. The molecule has 0 radical (unpaired) electrons. The highest BCUT2D eigenvalue weighted by atomic mass is 28.5. The van der Waals surface area contributed by atoms with Crippen LogP contribution in [0, 0.1) is 0 Å². The molecule has 0 heterocycles. The zero-order valence-electron chi connectivity index (χ0n) is 16.3. The van der Waals surface area contributed by atoms with E-state index in [-0.39, 0.29) is 0 Å². The molecule has 8 heteroatoms. The van der Waals surface area contributed by atoms with E-state index in [4.69, 9.17) is 21.5 Å². The van der Waals surface area contributed by atoms with Crippen molar-refractivity contribution in [1.29, 1.82) is 0 Å². The maximum absolute atomic E-state index is 6.75. The minimum Gasteiger partial charge on any atom is -0.408 e. The van der Waals surface area contributed by atoms with Gasteiger partial charge in [-0.15, -0.1) is 0 Å². The fraction of sp³-hybridized carbons (Fsp3) is 0.333. The molecular formula is C18H28O5Si3. The summed E-state index contributed by atoms with van der Waals surface area (Å²) in [6, 6.07) is 20.1. The van der Waals surface area contributed by atoms with Crippen LogP contribution < -0.4 is 10.4 Å². The van der Waals surface area contributed by atoms with Crippen LogP contribution in [0.4, 0.5) is 0 Å². The van der Waals surface area contributed by atoms with Gasteiger partial charge in [0.15, 0.2) is 0 Å². The van der Waals surface area contributed by atoms with E-state index in [0.29, 0.717) is 0 Å². The van der Waals surface area contributed by atoms with Crippen LogP contribution in [0.5, 0.6) is 0 Å². The topological polar surface area (TPSA) is 46.2 Å². The van der Waals surface area contributed by atoms with Gasteiger partial charge in [0.25, 0.3) is 0 Å². The number of rotatable bonds is 9. The summed E-state index contributed by atoms with van der Waals surface area (Å²) in [4.78, 5) is 0. The third kappa shape index (κ3) is 4.78. The molecular weight excluding hydrogens is 380 g/mol. The molecule has 0 aliphatic heterocycles. The maximum atomic E-state index is 6.75. The first-order chi connectivity index (χ1) is 12.3. The Bertz CT molecular complexity index is 638. The Labute approximate surface area is 159 Å². The first-order valence-corrected chi connectivity index (χ1v) is 15.3. The van der Waals surface area contributed by atoms with Gasteiger partial charge in [0.1, 0.15) is 0 Å². The molecule has 0 saturated carbocycles. The number of hydrogen-bond donors (Lipinski definition) is 0. The quantitative estimate of drug-likeness (QED) is 0.597. The number of benzene rings is 2. The van der Waals surface area contributed by atoms with Crippen LogP contribution in [0.15, 0.2) is 60.7 Å². The summed E-state index contributed by atoms with van der Waals surface area (Å²) in [6.07, 6.45) is 0. The fourth-order valence-electron chi connectivity index (χ4n) is 2.55. The summed E-state index contributed by atoms with van der Waals surface area (Å²) in [6.45, 7) is 5.91. The summed E-state index contributed by atoms with van der Waals surface area (Å²) in [7, 11) is -3.58. The smallest absolute Gasteiger partial charge is 0.408 e. The first kappa shape index (κ1) is 21.2. The molecule has 0 aliphatic carbocycles. The van der Waals surface area contributed by atoms with E-state index >= 15 is 0 Å². The first-order valence-electron chi connectivity index (χ1n) is 8.47. The van der Waals surface area contributed by atoms with Gasteiger partial charge in [0.05, 0.1) is 0 Å². The summed E-state index contributed by atoms with van der Waals surface area (Å²) >= 11 is 0.